The molecule has 18 heavy (non-hydrogen) atoms. The molecule has 2 aliphatic rings. The van der Waals surface area contributed by atoms with Crippen molar-refractivity contribution in [3.63, 3.8) is 0 Å². The second-order valence-electron chi connectivity index (χ2n) is 5.37. The van der Waals surface area contributed by atoms with Crippen molar-refractivity contribution >= 4 is 0 Å². The lowest BCUT2D eigenvalue weighted by molar-refractivity contribution is 0.0832. The number of nitrogens with zero attached hydrogens (tertiary/aromatic N) is 4. The van der Waals surface area contributed by atoms with E-state index < -0.39 is 0 Å². The lowest BCUT2D eigenvalue weighted by Crippen LogP contribution is -2.19. The van der Waals surface area contributed by atoms with E-state index in [0.717, 1.165) is 31.7 Å². The summed E-state index contributed by atoms with van der Waals surface area (Å²) in [5.74, 6) is 1.16. The van der Waals surface area contributed by atoms with E-state index in [-0.39, 0.29) is 0 Å². The third-order valence-electron chi connectivity index (χ3n) is 4.04. The molecule has 5 heteroatoms. The summed E-state index contributed by atoms with van der Waals surface area (Å²) >= 11 is 0. The molecule has 0 aromatic carbocycles. The Balaban J connectivity index is 1.92. The van der Waals surface area contributed by atoms with E-state index in [0.29, 0.717) is 24.3 Å². The Morgan fingerprint density at radius 3 is 2.78 bits per heavy atom. The predicted octanol–water partition coefficient (Wildman–Crippen LogP) is 1.82. The average molecular weight is 246 g/mol. The quantitative estimate of drug-likeness (QED) is 0.816. The summed E-state index contributed by atoms with van der Waals surface area (Å²) in [7, 11) is 0. The molecule has 1 aromatic heterocycles. The van der Waals surface area contributed by atoms with Crippen molar-refractivity contribution in [1.82, 2.24) is 15.0 Å². The van der Waals surface area contributed by atoms with Crippen LogP contribution in [0.15, 0.2) is 0 Å². The summed E-state index contributed by atoms with van der Waals surface area (Å²) in [6, 6.07) is 2.70. The average Bonchev–Trinajstić information content (AvgIpc) is 2.98. The van der Waals surface area contributed by atoms with Crippen molar-refractivity contribution in [2.75, 3.05) is 13.2 Å². The van der Waals surface area contributed by atoms with Crippen molar-refractivity contribution in [3.05, 3.63) is 11.4 Å². The molecule has 1 aliphatic heterocycles. The molecule has 1 aromatic rings. The molecule has 0 spiro atoms. The van der Waals surface area contributed by atoms with Crippen molar-refractivity contribution in [1.29, 1.82) is 5.26 Å². The molecule has 0 N–H and O–H groups in total. The standard InChI is InChI=1S/C13H18N4O/c1-9-8-12(9)17-13(10-3-6-18-7-4-10)11(2-5-14)15-16-17/h9-10,12H,2-4,6-8H2,1H3. The Kier molecular flexibility index (Phi) is 3.04. The minimum absolute atomic E-state index is 0.369. The van der Waals surface area contributed by atoms with E-state index in [4.69, 9.17) is 10.00 Å². The fourth-order valence-electron chi connectivity index (χ4n) is 2.82. The topological polar surface area (TPSA) is 63.7 Å². The largest absolute Gasteiger partial charge is 0.381 e. The molecular weight excluding hydrogens is 228 g/mol. The van der Waals surface area contributed by atoms with Crippen LogP contribution >= 0.6 is 0 Å². The third kappa shape index (κ3) is 2.01. The normalized spacial score (nSPS) is 28.0. The Bertz CT molecular complexity index is 470. The first-order chi connectivity index (χ1) is 8.81. The second kappa shape index (κ2) is 4.69. The van der Waals surface area contributed by atoms with Gasteiger partial charge in [0.1, 0.15) is 5.69 Å². The van der Waals surface area contributed by atoms with Crippen LogP contribution in [0.2, 0.25) is 0 Å². The van der Waals surface area contributed by atoms with Gasteiger partial charge in [0.25, 0.3) is 0 Å². The highest BCUT2D eigenvalue weighted by molar-refractivity contribution is 5.21. The molecule has 5 nitrogen and oxygen atoms in total. The van der Waals surface area contributed by atoms with E-state index in [1.165, 1.54) is 12.1 Å². The Hall–Kier alpha value is -1.41. The molecule has 1 saturated carbocycles. The lowest BCUT2D eigenvalue weighted by atomic mass is 9.94. The molecular formula is C13H18N4O. The summed E-state index contributed by atoms with van der Waals surface area (Å²) in [5, 5.41) is 17.4. The van der Waals surface area contributed by atoms with Gasteiger partial charge in [0.2, 0.25) is 0 Å². The molecule has 0 amide bonds. The zero-order chi connectivity index (χ0) is 12.5. The lowest BCUT2D eigenvalue weighted by Gasteiger charge is -2.23. The van der Waals surface area contributed by atoms with Crippen LogP contribution in [0, 0.1) is 17.2 Å². The van der Waals surface area contributed by atoms with Gasteiger partial charge in [0.05, 0.1) is 24.2 Å². The molecule has 96 valence electrons. The number of hydrogen-bond acceptors (Lipinski definition) is 4. The summed E-state index contributed by atoms with van der Waals surface area (Å²) in [6.07, 6.45) is 3.60. The number of aromatic nitrogens is 3. The van der Waals surface area contributed by atoms with Gasteiger partial charge >= 0.3 is 0 Å². The summed E-state index contributed by atoms with van der Waals surface area (Å²) in [4.78, 5) is 0. The number of hydrogen-bond donors (Lipinski definition) is 0. The molecule has 3 rings (SSSR count). The Labute approximate surface area is 107 Å². The molecule has 2 unspecified atom stereocenters. The zero-order valence-corrected chi connectivity index (χ0v) is 10.7. The maximum absolute atomic E-state index is 8.91. The third-order valence-corrected chi connectivity index (χ3v) is 4.04. The highest BCUT2D eigenvalue weighted by atomic mass is 16.5. The van der Waals surface area contributed by atoms with Crippen LogP contribution in [0.3, 0.4) is 0 Å². The smallest absolute Gasteiger partial charge is 0.100 e. The maximum atomic E-state index is 8.91. The van der Waals surface area contributed by atoms with Crippen LogP contribution in [0.4, 0.5) is 0 Å². The van der Waals surface area contributed by atoms with Gasteiger partial charge in [-0.2, -0.15) is 5.26 Å². The number of ether oxygens (including phenoxy) is 1. The van der Waals surface area contributed by atoms with E-state index in [1.807, 2.05) is 0 Å². The fraction of sp³-hybridized carbons (Fsp3) is 0.769. The van der Waals surface area contributed by atoms with Gasteiger partial charge in [-0.25, -0.2) is 4.68 Å². The predicted molar refractivity (Wildman–Crippen MR) is 65.0 cm³/mol. The van der Waals surface area contributed by atoms with Gasteiger partial charge in [-0.05, 0) is 25.2 Å². The van der Waals surface area contributed by atoms with Crippen molar-refractivity contribution in [3.8, 4) is 6.07 Å². The highest BCUT2D eigenvalue weighted by Gasteiger charge is 2.39. The van der Waals surface area contributed by atoms with Crippen molar-refractivity contribution < 1.29 is 4.74 Å². The first-order valence-electron chi connectivity index (χ1n) is 6.70. The van der Waals surface area contributed by atoms with Crippen LogP contribution < -0.4 is 0 Å². The summed E-state index contributed by atoms with van der Waals surface area (Å²) < 4.78 is 7.51. The number of nitriles is 1. The minimum atomic E-state index is 0.369. The van der Waals surface area contributed by atoms with Crippen molar-refractivity contribution in [2.45, 2.75) is 44.6 Å². The summed E-state index contributed by atoms with van der Waals surface area (Å²) in [6.45, 7) is 3.86. The van der Waals surface area contributed by atoms with Gasteiger partial charge in [0, 0.05) is 19.1 Å². The monoisotopic (exact) mass is 246 g/mol. The molecule has 2 heterocycles. The van der Waals surface area contributed by atoms with Crippen LogP contribution in [-0.2, 0) is 11.2 Å². The minimum Gasteiger partial charge on any atom is -0.381 e. The van der Waals surface area contributed by atoms with Gasteiger partial charge in [-0.3, -0.25) is 0 Å². The van der Waals surface area contributed by atoms with Crippen LogP contribution in [0.5, 0.6) is 0 Å². The fourth-order valence-corrected chi connectivity index (χ4v) is 2.82. The number of rotatable bonds is 3. The molecule has 0 bridgehead atoms. The van der Waals surface area contributed by atoms with Crippen LogP contribution in [-0.4, -0.2) is 28.2 Å². The molecule has 1 aliphatic carbocycles. The first kappa shape index (κ1) is 11.7. The molecule has 2 fully saturated rings. The van der Waals surface area contributed by atoms with E-state index in [1.54, 1.807) is 0 Å². The van der Waals surface area contributed by atoms with Gasteiger partial charge in [0.15, 0.2) is 0 Å². The maximum Gasteiger partial charge on any atom is 0.100 e. The summed E-state index contributed by atoms with van der Waals surface area (Å²) in [5.41, 5.74) is 2.08. The SMILES string of the molecule is CC1CC1n1nnc(CC#N)c1C1CCOCC1. The van der Waals surface area contributed by atoms with E-state index in [9.17, 15) is 0 Å². The van der Waals surface area contributed by atoms with E-state index >= 15 is 0 Å². The Morgan fingerprint density at radius 2 is 2.17 bits per heavy atom. The van der Waals surface area contributed by atoms with Gasteiger partial charge in [-0.15, -0.1) is 5.10 Å². The van der Waals surface area contributed by atoms with Gasteiger partial charge < -0.3 is 4.74 Å². The highest BCUT2D eigenvalue weighted by Crippen LogP contribution is 2.44. The van der Waals surface area contributed by atoms with Gasteiger partial charge in [-0.1, -0.05) is 12.1 Å². The van der Waals surface area contributed by atoms with Crippen LogP contribution in [0.1, 0.15) is 49.5 Å². The van der Waals surface area contributed by atoms with E-state index in [2.05, 4.69) is 28.0 Å². The molecule has 0 radical (unpaired) electrons. The first-order valence-corrected chi connectivity index (χ1v) is 6.70. The Morgan fingerprint density at radius 1 is 1.44 bits per heavy atom. The molecule has 2 atom stereocenters. The second-order valence-corrected chi connectivity index (χ2v) is 5.37. The zero-order valence-electron chi connectivity index (χ0n) is 10.7. The van der Waals surface area contributed by atoms with Crippen molar-refractivity contribution in [2.24, 2.45) is 5.92 Å². The molecule has 1 saturated heterocycles. The van der Waals surface area contributed by atoms with Crippen LogP contribution in [0.25, 0.3) is 0 Å².